The largest absolute Gasteiger partial charge is 0.337 e. The quantitative estimate of drug-likeness (QED) is 0.854. The van der Waals surface area contributed by atoms with Crippen LogP contribution in [0.25, 0.3) is 0 Å². The van der Waals surface area contributed by atoms with Crippen LogP contribution in [-0.4, -0.2) is 33.4 Å². The average molecular weight is 309 g/mol. The lowest BCUT2D eigenvalue weighted by Crippen LogP contribution is -2.27. The Bertz CT molecular complexity index is 728. The Morgan fingerprint density at radius 1 is 1.22 bits per heavy atom. The number of likely N-dealkylation sites (tertiary alicyclic amines) is 1. The second-order valence-electron chi connectivity index (χ2n) is 6.79. The lowest BCUT2D eigenvalue weighted by molar-refractivity contribution is 0.0787. The zero-order valence-electron chi connectivity index (χ0n) is 13.7. The Labute approximate surface area is 137 Å². The van der Waals surface area contributed by atoms with Gasteiger partial charge in [-0.05, 0) is 37.3 Å². The van der Waals surface area contributed by atoms with Crippen molar-refractivity contribution in [1.29, 1.82) is 0 Å². The number of nitrogens with zero attached hydrogens (tertiary/aromatic N) is 3. The van der Waals surface area contributed by atoms with Gasteiger partial charge in [0.15, 0.2) is 0 Å². The lowest BCUT2D eigenvalue weighted by atomic mass is 9.89. The summed E-state index contributed by atoms with van der Waals surface area (Å²) in [5.41, 5.74) is 3.42. The number of carbonyl (C=O) groups is 1. The van der Waals surface area contributed by atoms with E-state index in [0.29, 0.717) is 11.6 Å². The number of aromatic nitrogens is 2. The Morgan fingerprint density at radius 2 is 2.00 bits per heavy atom. The number of hydrogen-bond donors (Lipinski definition) is 0. The molecule has 1 aromatic heterocycles. The van der Waals surface area contributed by atoms with Crippen molar-refractivity contribution >= 4 is 5.91 Å². The van der Waals surface area contributed by atoms with Crippen molar-refractivity contribution in [3.05, 3.63) is 53.1 Å². The van der Waals surface area contributed by atoms with Crippen LogP contribution in [0.4, 0.5) is 0 Å². The fourth-order valence-corrected chi connectivity index (χ4v) is 3.93. The molecule has 0 aliphatic carbocycles. The van der Waals surface area contributed by atoms with E-state index in [1.165, 1.54) is 11.1 Å². The van der Waals surface area contributed by atoms with Gasteiger partial charge in [0.1, 0.15) is 11.5 Å². The zero-order chi connectivity index (χ0) is 15.8. The fourth-order valence-electron chi connectivity index (χ4n) is 3.93. The summed E-state index contributed by atoms with van der Waals surface area (Å²) in [4.78, 5) is 19.1. The van der Waals surface area contributed by atoms with Crippen LogP contribution < -0.4 is 0 Å². The van der Waals surface area contributed by atoms with Crippen molar-refractivity contribution in [3.8, 4) is 0 Å². The van der Waals surface area contributed by atoms with E-state index >= 15 is 0 Å². The highest BCUT2D eigenvalue weighted by atomic mass is 16.2. The summed E-state index contributed by atoms with van der Waals surface area (Å²) < 4.78 is 2.20. The molecule has 1 saturated heterocycles. The van der Waals surface area contributed by atoms with Crippen LogP contribution in [0.5, 0.6) is 0 Å². The molecule has 1 aromatic carbocycles. The first-order chi connectivity index (χ1) is 11.2. The second kappa shape index (κ2) is 5.84. The number of fused-ring (bicyclic) bond motifs is 1. The summed E-state index contributed by atoms with van der Waals surface area (Å²) in [6.07, 6.45) is 6.27. The molecule has 2 aliphatic heterocycles. The minimum absolute atomic E-state index is 0.108. The van der Waals surface area contributed by atoms with E-state index in [9.17, 15) is 4.79 Å². The molecule has 1 unspecified atom stereocenters. The van der Waals surface area contributed by atoms with Gasteiger partial charge in [-0.3, -0.25) is 4.79 Å². The van der Waals surface area contributed by atoms with Gasteiger partial charge in [-0.2, -0.15) is 0 Å². The van der Waals surface area contributed by atoms with E-state index < -0.39 is 0 Å². The maximum Gasteiger partial charge on any atom is 0.274 e. The molecule has 4 heteroatoms. The standard InChI is InChI=1S/C19H23N3O/c1-14-6-2-3-7-16(14)15-8-9-18-20-17(13-22(18)12-15)19(23)21-10-4-5-11-21/h2-3,6-7,13,15H,4-5,8-12H2,1H3. The van der Waals surface area contributed by atoms with Crippen LogP contribution >= 0.6 is 0 Å². The molecule has 2 aromatic rings. The van der Waals surface area contributed by atoms with Crippen molar-refractivity contribution in [2.24, 2.45) is 0 Å². The van der Waals surface area contributed by atoms with Gasteiger partial charge >= 0.3 is 0 Å². The molecule has 0 N–H and O–H groups in total. The Kier molecular flexibility index (Phi) is 3.68. The monoisotopic (exact) mass is 309 g/mol. The lowest BCUT2D eigenvalue weighted by Gasteiger charge is -2.25. The topological polar surface area (TPSA) is 38.1 Å². The Hall–Kier alpha value is -2.10. The highest BCUT2D eigenvalue weighted by Crippen LogP contribution is 2.30. The van der Waals surface area contributed by atoms with Crippen molar-refractivity contribution in [2.75, 3.05) is 13.1 Å². The van der Waals surface area contributed by atoms with Crippen molar-refractivity contribution in [2.45, 2.75) is 45.1 Å². The summed E-state index contributed by atoms with van der Waals surface area (Å²) in [5, 5.41) is 0. The predicted octanol–water partition coefficient (Wildman–Crippen LogP) is 3.16. The van der Waals surface area contributed by atoms with Crippen molar-refractivity contribution < 1.29 is 4.79 Å². The minimum Gasteiger partial charge on any atom is -0.337 e. The molecule has 2 aliphatic rings. The smallest absolute Gasteiger partial charge is 0.274 e. The Morgan fingerprint density at radius 3 is 2.78 bits per heavy atom. The summed E-state index contributed by atoms with van der Waals surface area (Å²) >= 11 is 0. The normalized spacial score (nSPS) is 20.6. The molecule has 3 heterocycles. The van der Waals surface area contributed by atoms with Crippen LogP contribution in [0.2, 0.25) is 0 Å². The maximum atomic E-state index is 12.5. The van der Waals surface area contributed by atoms with E-state index in [1.54, 1.807) is 0 Å². The summed E-state index contributed by atoms with van der Waals surface area (Å²) in [6.45, 7) is 4.88. The number of amides is 1. The molecule has 4 rings (SSSR count). The van der Waals surface area contributed by atoms with Crippen LogP contribution in [0.1, 0.15) is 52.6 Å². The van der Waals surface area contributed by atoms with Gasteiger partial charge in [0.25, 0.3) is 5.91 Å². The van der Waals surface area contributed by atoms with Gasteiger partial charge < -0.3 is 9.47 Å². The first-order valence-electron chi connectivity index (χ1n) is 8.63. The van der Waals surface area contributed by atoms with Crippen LogP contribution in [0, 0.1) is 6.92 Å². The van der Waals surface area contributed by atoms with E-state index in [-0.39, 0.29) is 5.91 Å². The molecule has 120 valence electrons. The van der Waals surface area contributed by atoms with Crippen LogP contribution in [0.3, 0.4) is 0 Å². The van der Waals surface area contributed by atoms with Crippen molar-refractivity contribution in [3.63, 3.8) is 0 Å². The number of imidazole rings is 1. The third kappa shape index (κ3) is 2.67. The fraction of sp³-hybridized carbons (Fsp3) is 0.474. The third-order valence-electron chi connectivity index (χ3n) is 5.23. The van der Waals surface area contributed by atoms with Gasteiger partial charge in [0, 0.05) is 38.2 Å². The van der Waals surface area contributed by atoms with Crippen LogP contribution in [0.15, 0.2) is 30.5 Å². The summed E-state index contributed by atoms with van der Waals surface area (Å²) in [6, 6.07) is 8.63. The SMILES string of the molecule is Cc1ccccc1C1CCc2nc(C(=O)N3CCCC3)cn2C1. The molecule has 0 bridgehead atoms. The third-order valence-corrected chi connectivity index (χ3v) is 5.23. The minimum atomic E-state index is 0.108. The molecule has 23 heavy (non-hydrogen) atoms. The molecular formula is C19H23N3O. The Balaban J connectivity index is 1.56. The van der Waals surface area contributed by atoms with E-state index in [0.717, 1.165) is 51.1 Å². The second-order valence-corrected chi connectivity index (χ2v) is 6.79. The van der Waals surface area contributed by atoms with Gasteiger partial charge in [0.05, 0.1) is 0 Å². The molecule has 1 fully saturated rings. The van der Waals surface area contributed by atoms with Gasteiger partial charge in [0.2, 0.25) is 0 Å². The molecule has 0 spiro atoms. The van der Waals surface area contributed by atoms with Gasteiger partial charge in [-0.1, -0.05) is 24.3 Å². The average Bonchev–Trinajstić information content (AvgIpc) is 3.23. The predicted molar refractivity (Wildman–Crippen MR) is 89.6 cm³/mol. The zero-order valence-corrected chi connectivity index (χ0v) is 13.7. The summed E-state index contributed by atoms with van der Waals surface area (Å²) in [5.74, 6) is 1.70. The molecule has 1 amide bonds. The highest BCUT2D eigenvalue weighted by Gasteiger charge is 2.26. The first-order valence-corrected chi connectivity index (χ1v) is 8.63. The molecule has 1 atom stereocenters. The maximum absolute atomic E-state index is 12.5. The molecule has 0 radical (unpaired) electrons. The first kappa shape index (κ1) is 14.5. The summed E-state index contributed by atoms with van der Waals surface area (Å²) in [7, 11) is 0. The molecular weight excluding hydrogens is 286 g/mol. The number of aryl methyl sites for hydroxylation is 2. The van der Waals surface area contributed by atoms with Crippen molar-refractivity contribution in [1.82, 2.24) is 14.5 Å². The van der Waals surface area contributed by atoms with Crippen LogP contribution in [-0.2, 0) is 13.0 Å². The van der Waals surface area contributed by atoms with E-state index in [1.807, 2.05) is 11.1 Å². The molecule has 0 saturated carbocycles. The number of benzene rings is 1. The van der Waals surface area contributed by atoms with Gasteiger partial charge in [-0.15, -0.1) is 0 Å². The van der Waals surface area contributed by atoms with E-state index in [2.05, 4.69) is 40.7 Å². The highest BCUT2D eigenvalue weighted by molar-refractivity contribution is 5.92. The molecule has 4 nitrogen and oxygen atoms in total. The number of hydrogen-bond acceptors (Lipinski definition) is 2. The van der Waals surface area contributed by atoms with Gasteiger partial charge in [-0.25, -0.2) is 4.98 Å². The van der Waals surface area contributed by atoms with E-state index in [4.69, 9.17) is 0 Å². The number of rotatable bonds is 2. The number of carbonyl (C=O) groups excluding carboxylic acids is 1.